The molecule has 0 aliphatic rings. The van der Waals surface area contributed by atoms with E-state index in [0.717, 1.165) is 25.5 Å². The fourth-order valence-corrected chi connectivity index (χ4v) is 2.23. The van der Waals surface area contributed by atoms with Crippen molar-refractivity contribution in [2.75, 3.05) is 26.2 Å². The fourth-order valence-electron chi connectivity index (χ4n) is 2.23. The Kier molecular flexibility index (Phi) is 11.5. The highest BCUT2D eigenvalue weighted by molar-refractivity contribution is 14.0. The second-order valence-electron chi connectivity index (χ2n) is 6.87. The van der Waals surface area contributed by atoms with Crippen LogP contribution in [0.5, 0.6) is 0 Å². The van der Waals surface area contributed by atoms with E-state index < -0.39 is 0 Å². The summed E-state index contributed by atoms with van der Waals surface area (Å²) in [5.74, 6) is 0.770. The summed E-state index contributed by atoms with van der Waals surface area (Å²) < 4.78 is 0. The summed E-state index contributed by atoms with van der Waals surface area (Å²) in [6, 6.07) is 8.78. The van der Waals surface area contributed by atoms with Crippen molar-refractivity contribution >= 4 is 35.8 Å². The first-order valence-electron chi connectivity index (χ1n) is 8.69. The van der Waals surface area contributed by atoms with E-state index in [2.05, 4.69) is 66.0 Å². The van der Waals surface area contributed by atoms with Crippen LogP contribution in [-0.4, -0.2) is 38.0 Å². The molecule has 5 nitrogen and oxygen atoms in total. The minimum Gasteiger partial charge on any atom is -0.357 e. The molecule has 3 N–H and O–H groups in total. The van der Waals surface area contributed by atoms with Crippen LogP contribution in [0.1, 0.15) is 45.7 Å². The van der Waals surface area contributed by atoms with Crippen molar-refractivity contribution in [3.8, 4) is 0 Å². The number of nitrogens with zero attached hydrogens (tertiary/aromatic N) is 1. The summed E-state index contributed by atoms with van der Waals surface area (Å²) in [6.07, 6.45) is 0.909. The molecule has 0 aliphatic heterocycles. The number of benzene rings is 1. The number of rotatable bonds is 7. The van der Waals surface area contributed by atoms with E-state index in [1.54, 1.807) is 0 Å². The van der Waals surface area contributed by atoms with Crippen LogP contribution in [-0.2, 0) is 16.6 Å². The molecule has 1 rings (SSSR count). The fraction of sp³-hybridized carbons (Fsp3) is 0.579. The standard InChI is InChI=1S/C19H32N4O.HI/c1-6-20-18(23-14-13-21-15(2)24)22-12-11-16-7-9-17(10-8-16)19(3,4)5;/h7-10H,6,11-14H2,1-5H3,(H,21,24)(H2,20,22,23);1H. The molecule has 0 spiro atoms. The maximum Gasteiger partial charge on any atom is 0.216 e. The Bertz CT molecular complexity index is 535. The molecular weight excluding hydrogens is 427 g/mol. The number of amides is 1. The molecule has 1 aromatic rings. The molecule has 25 heavy (non-hydrogen) atoms. The number of hydrogen-bond donors (Lipinski definition) is 3. The number of hydrogen-bond acceptors (Lipinski definition) is 2. The summed E-state index contributed by atoms with van der Waals surface area (Å²) in [5, 5.41) is 9.19. The summed E-state index contributed by atoms with van der Waals surface area (Å²) in [7, 11) is 0. The summed E-state index contributed by atoms with van der Waals surface area (Å²) >= 11 is 0. The first-order chi connectivity index (χ1) is 11.3. The van der Waals surface area contributed by atoms with Gasteiger partial charge < -0.3 is 16.0 Å². The van der Waals surface area contributed by atoms with Crippen molar-refractivity contribution in [2.45, 2.75) is 46.5 Å². The second kappa shape index (κ2) is 12.1. The van der Waals surface area contributed by atoms with Crippen LogP contribution in [0, 0.1) is 0 Å². The minimum absolute atomic E-state index is 0. The molecule has 0 saturated carbocycles. The number of aliphatic imine (C=N–C) groups is 1. The van der Waals surface area contributed by atoms with Crippen molar-refractivity contribution in [3.63, 3.8) is 0 Å². The van der Waals surface area contributed by atoms with Gasteiger partial charge in [0.05, 0.1) is 0 Å². The molecule has 0 fully saturated rings. The van der Waals surface area contributed by atoms with E-state index in [4.69, 9.17) is 0 Å². The van der Waals surface area contributed by atoms with Gasteiger partial charge in [0.15, 0.2) is 5.96 Å². The molecule has 0 unspecified atom stereocenters. The molecule has 1 aromatic carbocycles. The number of nitrogens with one attached hydrogen (secondary N) is 3. The van der Waals surface area contributed by atoms with E-state index in [1.807, 2.05) is 6.92 Å². The Morgan fingerprint density at radius 3 is 2.16 bits per heavy atom. The normalized spacial score (nSPS) is 11.5. The molecule has 0 aromatic heterocycles. The zero-order chi connectivity index (χ0) is 18.0. The Morgan fingerprint density at radius 1 is 1.04 bits per heavy atom. The number of carbonyl (C=O) groups excluding carboxylic acids is 1. The van der Waals surface area contributed by atoms with Gasteiger partial charge in [0, 0.05) is 33.1 Å². The highest BCUT2D eigenvalue weighted by Gasteiger charge is 2.12. The van der Waals surface area contributed by atoms with Gasteiger partial charge in [-0.15, -0.1) is 24.0 Å². The third-order valence-electron chi connectivity index (χ3n) is 3.63. The number of guanidine groups is 1. The van der Waals surface area contributed by atoms with Gasteiger partial charge in [-0.05, 0) is 29.9 Å². The van der Waals surface area contributed by atoms with E-state index in [9.17, 15) is 4.79 Å². The molecule has 0 radical (unpaired) electrons. The van der Waals surface area contributed by atoms with Crippen LogP contribution in [0.15, 0.2) is 29.3 Å². The van der Waals surface area contributed by atoms with Crippen molar-refractivity contribution in [2.24, 2.45) is 4.99 Å². The highest BCUT2D eigenvalue weighted by atomic mass is 127. The monoisotopic (exact) mass is 460 g/mol. The Balaban J connectivity index is 0.00000576. The van der Waals surface area contributed by atoms with Gasteiger partial charge in [-0.1, -0.05) is 45.0 Å². The van der Waals surface area contributed by atoms with Gasteiger partial charge in [0.25, 0.3) is 0 Å². The first kappa shape index (κ1) is 23.7. The van der Waals surface area contributed by atoms with Gasteiger partial charge in [-0.2, -0.15) is 0 Å². The molecule has 0 bridgehead atoms. The lowest BCUT2D eigenvalue weighted by atomic mass is 9.86. The van der Waals surface area contributed by atoms with Crippen molar-refractivity contribution < 1.29 is 4.79 Å². The van der Waals surface area contributed by atoms with E-state index in [0.29, 0.717) is 13.1 Å². The molecule has 1 amide bonds. The quantitative estimate of drug-likeness (QED) is 0.254. The van der Waals surface area contributed by atoms with Crippen LogP contribution in [0.3, 0.4) is 0 Å². The summed E-state index contributed by atoms with van der Waals surface area (Å²) in [5.41, 5.74) is 2.83. The number of carbonyl (C=O) groups is 1. The third-order valence-corrected chi connectivity index (χ3v) is 3.63. The molecule has 142 valence electrons. The average Bonchev–Trinajstić information content (AvgIpc) is 2.51. The lowest BCUT2D eigenvalue weighted by Crippen LogP contribution is -2.41. The SMILES string of the molecule is CCNC(=NCCc1ccc(C(C)(C)C)cc1)NCCNC(C)=O.I. The molecular formula is C19H33IN4O. The molecule has 0 aliphatic carbocycles. The van der Waals surface area contributed by atoms with Crippen LogP contribution in [0.4, 0.5) is 0 Å². The smallest absolute Gasteiger partial charge is 0.216 e. The summed E-state index contributed by atoms with van der Waals surface area (Å²) in [6.45, 7) is 13.0. The van der Waals surface area contributed by atoms with Gasteiger partial charge in [0.2, 0.25) is 5.91 Å². The minimum atomic E-state index is -0.0163. The van der Waals surface area contributed by atoms with E-state index >= 15 is 0 Å². The predicted molar refractivity (Wildman–Crippen MR) is 117 cm³/mol. The topological polar surface area (TPSA) is 65.5 Å². The van der Waals surface area contributed by atoms with Crippen molar-refractivity contribution in [1.82, 2.24) is 16.0 Å². The Morgan fingerprint density at radius 2 is 1.64 bits per heavy atom. The maximum atomic E-state index is 10.8. The first-order valence-corrected chi connectivity index (χ1v) is 8.69. The van der Waals surface area contributed by atoms with Crippen LogP contribution >= 0.6 is 24.0 Å². The largest absolute Gasteiger partial charge is 0.357 e. The number of halogens is 1. The summed E-state index contributed by atoms with van der Waals surface area (Å²) in [4.78, 5) is 15.4. The molecule has 0 saturated heterocycles. The second-order valence-corrected chi connectivity index (χ2v) is 6.87. The molecule has 0 atom stereocenters. The molecule has 6 heteroatoms. The maximum absolute atomic E-state index is 10.8. The van der Waals surface area contributed by atoms with E-state index in [1.165, 1.54) is 18.1 Å². The van der Waals surface area contributed by atoms with Gasteiger partial charge >= 0.3 is 0 Å². The zero-order valence-electron chi connectivity index (χ0n) is 16.1. The van der Waals surface area contributed by atoms with E-state index in [-0.39, 0.29) is 35.3 Å². The lowest BCUT2D eigenvalue weighted by Gasteiger charge is -2.19. The Labute approximate surface area is 169 Å². The van der Waals surface area contributed by atoms with Crippen molar-refractivity contribution in [1.29, 1.82) is 0 Å². The van der Waals surface area contributed by atoms with Gasteiger partial charge in [-0.3, -0.25) is 9.79 Å². The third kappa shape index (κ3) is 10.3. The van der Waals surface area contributed by atoms with Crippen LogP contribution < -0.4 is 16.0 Å². The van der Waals surface area contributed by atoms with Gasteiger partial charge in [-0.25, -0.2) is 0 Å². The Hall–Kier alpha value is -1.31. The van der Waals surface area contributed by atoms with Crippen molar-refractivity contribution in [3.05, 3.63) is 35.4 Å². The average molecular weight is 460 g/mol. The highest BCUT2D eigenvalue weighted by Crippen LogP contribution is 2.22. The zero-order valence-corrected chi connectivity index (χ0v) is 18.4. The van der Waals surface area contributed by atoms with Crippen LogP contribution in [0.25, 0.3) is 0 Å². The van der Waals surface area contributed by atoms with Crippen LogP contribution in [0.2, 0.25) is 0 Å². The predicted octanol–water partition coefficient (Wildman–Crippen LogP) is 2.84. The van der Waals surface area contributed by atoms with Gasteiger partial charge in [0.1, 0.15) is 0 Å². The molecule has 0 heterocycles. The lowest BCUT2D eigenvalue weighted by molar-refractivity contribution is -0.118.